The minimum Gasteiger partial charge on any atom is -0.315 e. The fourth-order valence-electron chi connectivity index (χ4n) is 2.05. The van der Waals surface area contributed by atoms with E-state index >= 15 is 0 Å². The van der Waals surface area contributed by atoms with Crippen LogP contribution in [0.5, 0.6) is 0 Å². The molecule has 1 atom stereocenters. The average Bonchev–Trinajstić information content (AvgIpc) is 2.38. The predicted molar refractivity (Wildman–Crippen MR) is 84.2 cm³/mol. The second-order valence-electron chi connectivity index (χ2n) is 5.30. The van der Waals surface area contributed by atoms with Gasteiger partial charge in [0.05, 0.1) is 5.25 Å². The molecule has 20 heavy (non-hydrogen) atoms. The average molecular weight is 298 g/mol. The molecule has 0 saturated heterocycles. The normalized spacial score (nSPS) is 13.7. The molecule has 1 rings (SSSR count). The molecule has 0 fully saturated rings. The van der Waals surface area contributed by atoms with Crippen molar-refractivity contribution in [1.82, 2.24) is 9.62 Å². The van der Waals surface area contributed by atoms with Crippen molar-refractivity contribution in [3.8, 4) is 0 Å². The van der Waals surface area contributed by atoms with Crippen molar-refractivity contribution in [2.75, 3.05) is 20.1 Å². The van der Waals surface area contributed by atoms with Crippen LogP contribution in [0.2, 0.25) is 0 Å². The van der Waals surface area contributed by atoms with E-state index in [-0.39, 0.29) is 0 Å². The van der Waals surface area contributed by atoms with Gasteiger partial charge in [-0.25, -0.2) is 12.7 Å². The standard InChI is InChI=1S/C15H26N2O2S/c1-5-9-16-11-14(3)20(18,19)17(4)12-15-8-6-7-13(2)10-15/h6-8,10,14,16H,5,9,11-12H2,1-4H3. The number of benzene rings is 1. The van der Waals surface area contributed by atoms with Crippen LogP contribution in [0.15, 0.2) is 24.3 Å². The molecule has 1 N–H and O–H groups in total. The van der Waals surface area contributed by atoms with Crippen LogP contribution in [-0.4, -0.2) is 38.1 Å². The SMILES string of the molecule is CCCNCC(C)S(=O)(=O)N(C)Cc1cccc(C)c1. The smallest absolute Gasteiger partial charge is 0.218 e. The van der Waals surface area contributed by atoms with Gasteiger partial charge in [-0.15, -0.1) is 0 Å². The Morgan fingerprint density at radius 1 is 1.35 bits per heavy atom. The van der Waals surface area contributed by atoms with Crippen molar-refractivity contribution >= 4 is 10.0 Å². The Balaban J connectivity index is 2.66. The van der Waals surface area contributed by atoms with Gasteiger partial charge >= 0.3 is 0 Å². The van der Waals surface area contributed by atoms with Crippen molar-refractivity contribution in [3.05, 3.63) is 35.4 Å². The topological polar surface area (TPSA) is 49.4 Å². The van der Waals surface area contributed by atoms with Gasteiger partial charge in [-0.2, -0.15) is 0 Å². The number of hydrogen-bond donors (Lipinski definition) is 1. The van der Waals surface area contributed by atoms with Gasteiger partial charge in [0.15, 0.2) is 0 Å². The fraction of sp³-hybridized carbons (Fsp3) is 0.600. The number of sulfonamides is 1. The molecule has 1 aromatic carbocycles. The van der Waals surface area contributed by atoms with Crippen LogP contribution in [0.4, 0.5) is 0 Å². The molecule has 1 aromatic rings. The Hall–Kier alpha value is -0.910. The third-order valence-electron chi connectivity index (χ3n) is 3.29. The first kappa shape index (κ1) is 17.1. The highest BCUT2D eigenvalue weighted by molar-refractivity contribution is 7.89. The summed E-state index contributed by atoms with van der Waals surface area (Å²) >= 11 is 0. The van der Waals surface area contributed by atoms with Gasteiger partial charge in [0, 0.05) is 20.1 Å². The molecule has 0 amide bonds. The highest BCUT2D eigenvalue weighted by atomic mass is 32.2. The zero-order chi connectivity index (χ0) is 15.2. The van der Waals surface area contributed by atoms with E-state index in [0.717, 1.165) is 24.1 Å². The lowest BCUT2D eigenvalue weighted by Crippen LogP contribution is -2.40. The molecule has 0 bridgehead atoms. The van der Waals surface area contributed by atoms with Crippen molar-refractivity contribution in [1.29, 1.82) is 0 Å². The van der Waals surface area contributed by atoms with E-state index in [1.165, 1.54) is 4.31 Å². The molecule has 0 aliphatic rings. The van der Waals surface area contributed by atoms with Gasteiger partial charge in [0.1, 0.15) is 0 Å². The van der Waals surface area contributed by atoms with Crippen LogP contribution >= 0.6 is 0 Å². The summed E-state index contributed by atoms with van der Waals surface area (Å²) < 4.78 is 26.2. The monoisotopic (exact) mass is 298 g/mol. The van der Waals surface area contributed by atoms with Crippen molar-refractivity contribution in [2.24, 2.45) is 0 Å². The molecule has 0 heterocycles. The predicted octanol–water partition coefficient (Wildman–Crippen LogP) is 2.14. The fourth-order valence-corrected chi connectivity index (χ4v) is 3.32. The number of nitrogens with zero attached hydrogens (tertiary/aromatic N) is 1. The molecule has 0 aliphatic heterocycles. The van der Waals surface area contributed by atoms with Crippen LogP contribution in [0, 0.1) is 6.92 Å². The molecule has 5 heteroatoms. The van der Waals surface area contributed by atoms with E-state index < -0.39 is 15.3 Å². The highest BCUT2D eigenvalue weighted by Crippen LogP contribution is 2.12. The van der Waals surface area contributed by atoms with E-state index in [1.54, 1.807) is 14.0 Å². The van der Waals surface area contributed by atoms with Gasteiger partial charge in [0.2, 0.25) is 10.0 Å². The highest BCUT2D eigenvalue weighted by Gasteiger charge is 2.25. The van der Waals surface area contributed by atoms with E-state index in [0.29, 0.717) is 13.1 Å². The minimum absolute atomic E-state index is 0.413. The van der Waals surface area contributed by atoms with Crippen LogP contribution in [0.25, 0.3) is 0 Å². The molecule has 1 unspecified atom stereocenters. The van der Waals surface area contributed by atoms with Crippen LogP contribution in [-0.2, 0) is 16.6 Å². The number of rotatable bonds is 8. The second-order valence-corrected chi connectivity index (χ2v) is 7.76. The summed E-state index contributed by atoms with van der Waals surface area (Å²) in [4.78, 5) is 0. The third kappa shape index (κ3) is 4.89. The molecule has 4 nitrogen and oxygen atoms in total. The second kappa shape index (κ2) is 7.76. The maximum Gasteiger partial charge on any atom is 0.218 e. The minimum atomic E-state index is -3.26. The lowest BCUT2D eigenvalue weighted by atomic mass is 10.1. The molecule has 0 aliphatic carbocycles. The zero-order valence-corrected chi connectivity index (χ0v) is 13.7. The quantitative estimate of drug-likeness (QED) is 0.748. The summed E-state index contributed by atoms with van der Waals surface area (Å²) in [6.07, 6.45) is 1.01. The van der Waals surface area contributed by atoms with Crippen molar-refractivity contribution < 1.29 is 8.42 Å². The van der Waals surface area contributed by atoms with Crippen molar-refractivity contribution in [2.45, 2.75) is 39.0 Å². The Labute approximate surface area is 123 Å². The summed E-state index contributed by atoms with van der Waals surface area (Å²) in [5.41, 5.74) is 2.16. The first-order valence-electron chi connectivity index (χ1n) is 7.09. The zero-order valence-electron chi connectivity index (χ0n) is 12.9. The molecule has 0 saturated carbocycles. The maximum absolute atomic E-state index is 12.4. The first-order chi connectivity index (χ1) is 9.37. The van der Waals surface area contributed by atoms with E-state index in [4.69, 9.17) is 0 Å². The van der Waals surface area contributed by atoms with E-state index in [9.17, 15) is 8.42 Å². The summed E-state index contributed by atoms with van der Waals surface area (Å²) in [6, 6.07) is 7.94. The summed E-state index contributed by atoms with van der Waals surface area (Å²) in [5, 5.41) is 2.75. The molecule has 0 radical (unpaired) electrons. The first-order valence-corrected chi connectivity index (χ1v) is 8.59. The van der Waals surface area contributed by atoms with Gasteiger partial charge in [-0.1, -0.05) is 36.8 Å². The molecular weight excluding hydrogens is 272 g/mol. The lowest BCUT2D eigenvalue weighted by molar-refractivity contribution is 0.453. The van der Waals surface area contributed by atoms with Crippen LogP contribution in [0.1, 0.15) is 31.4 Å². The van der Waals surface area contributed by atoms with E-state index in [2.05, 4.69) is 12.2 Å². The molecule has 0 spiro atoms. The van der Waals surface area contributed by atoms with Gasteiger partial charge in [0.25, 0.3) is 0 Å². The summed E-state index contributed by atoms with van der Waals surface area (Å²) in [5.74, 6) is 0. The Morgan fingerprint density at radius 2 is 2.05 bits per heavy atom. The maximum atomic E-state index is 12.4. The lowest BCUT2D eigenvalue weighted by Gasteiger charge is -2.22. The molecular formula is C15H26N2O2S. The summed E-state index contributed by atoms with van der Waals surface area (Å²) in [6.45, 7) is 7.59. The number of aryl methyl sites for hydroxylation is 1. The number of nitrogens with one attached hydrogen (secondary N) is 1. The van der Waals surface area contributed by atoms with Crippen molar-refractivity contribution in [3.63, 3.8) is 0 Å². The molecule has 0 aromatic heterocycles. The largest absolute Gasteiger partial charge is 0.315 e. The summed E-state index contributed by atoms with van der Waals surface area (Å²) in [7, 11) is -1.61. The Kier molecular flexibility index (Phi) is 6.65. The van der Waals surface area contributed by atoms with Crippen LogP contribution < -0.4 is 5.32 Å². The van der Waals surface area contributed by atoms with Gasteiger partial charge < -0.3 is 5.32 Å². The van der Waals surface area contributed by atoms with Gasteiger partial charge in [-0.3, -0.25) is 0 Å². The van der Waals surface area contributed by atoms with E-state index in [1.807, 2.05) is 31.2 Å². The Bertz CT molecular complexity index is 514. The van der Waals surface area contributed by atoms with Crippen LogP contribution in [0.3, 0.4) is 0 Å². The Morgan fingerprint density at radius 3 is 2.65 bits per heavy atom. The number of hydrogen-bond acceptors (Lipinski definition) is 3. The molecule has 114 valence electrons. The van der Waals surface area contributed by atoms with Gasteiger partial charge in [-0.05, 0) is 32.4 Å². The third-order valence-corrected chi connectivity index (χ3v) is 5.47.